The Morgan fingerprint density at radius 1 is 1.33 bits per heavy atom. The first kappa shape index (κ1) is 21.6. The fraction of sp³-hybridized carbons (Fsp3) is 0.643. The van der Waals surface area contributed by atoms with E-state index in [0.29, 0.717) is 4.47 Å². The molecule has 1 aromatic rings. The Balaban J connectivity index is 3.32. The third-order valence-corrected chi connectivity index (χ3v) is 5.44. The molecule has 1 aromatic heterocycles. The van der Waals surface area contributed by atoms with Crippen molar-refractivity contribution in [2.75, 3.05) is 0 Å². The maximum Gasteiger partial charge on any atom is 0.414 e. The van der Waals surface area contributed by atoms with Crippen molar-refractivity contribution in [1.82, 2.24) is 9.71 Å². The van der Waals surface area contributed by atoms with Gasteiger partial charge >= 0.3 is 6.18 Å². The highest BCUT2D eigenvalue weighted by Crippen LogP contribution is 2.36. The van der Waals surface area contributed by atoms with Gasteiger partial charge < -0.3 is 9.66 Å². The second kappa shape index (κ2) is 7.45. The summed E-state index contributed by atoms with van der Waals surface area (Å²) in [5.74, 6) is -1.01. The second-order valence-corrected chi connectivity index (χ2v) is 9.45. The van der Waals surface area contributed by atoms with E-state index in [2.05, 4.69) is 25.6 Å². The van der Waals surface area contributed by atoms with Gasteiger partial charge in [-0.05, 0) is 49.7 Å². The molecule has 0 fully saturated rings. The SMILES string of the molecule is CC(C[C@H](O)C(F)(F)F)(N[S@+]([O-])C(C)(C)C)c1cc(Br)cnc1F. The van der Waals surface area contributed by atoms with E-state index in [1.165, 1.54) is 13.0 Å². The van der Waals surface area contributed by atoms with E-state index in [9.17, 15) is 27.2 Å². The Morgan fingerprint density at radius 3 is 2.33 bits per heavy atom. The minimum atomic E-state index is -4.89. The highest BCUT2D eigenvalue weighted by Gasteiger charge is 2.47. The monoisotopic (exact) mass is 434 g/mol. The van der Waals surface area contributed by atoms with Gasteiger partial charge in [0, 0.05) is 34.0 Å². The van der Waals surface area contributed by atoms with Gasteiger partial charge in [-0.3, -0.25) is 0 Å². The zero-order valence-corrected chi connectivity index (χ0v) is 15.9. The van der Waals surface area contributed by atoms with E-state index < -0.39 is 46.3 Å². The van der Waals surface area contributed by atoms with Gasteiger partial charge in [0.2, 0.25) is 5.95 Å². The third-order valence-electron chi connectivity index (χ3n) is 3.25. The van der Waals surface area contributed by atoms with Crippen molar-refractivity contribution in [2.45, 2.75) is 56.7 Å². The smallest absolute Gasteiger partial charge is 0.414 e. The van der Waals surface area contributed by atoms with Crippen LogP contribution in [0, 0.1) is 5.95 Å². The van der Waals surface area contributed by atoms with Gasteiger partial charge in [-0.25, -0.2) is 4.98 Å². The van der Waals surface area contributed by atoms with E-state index in [-0.39, 0.29) is 5.56 Å². The molecule has 0 saturated carbocycles. The van der Waals surface area contributed by atoms with Crippen LogP contribution in [0.1, 0.15) is 39.7 Å². The maximum atomic E-state index is 14.1. The second-order valence-electron chi connectivity index (χ2n) is 6.57. The van der Waals surface area contributed by atoms with Crippen molar-refractivity contribution in [3.05, 3.63) is 28.2 Å². The number of nitrogens with zero attached hydrogens (tertiary/aromatic N) is 1. The largest absolute Gasteiger partial charge is 0.598 e. The molecule has 3 atom stereocenters. The lowest BCUT2D eigenvalue weighted by Gasteiger charge is -2.36. The molecule has 1 heterocycles. The minimum absolute atomic E-state index is 0.224. The molecule has 0 radical (unpaired) electrons. The predicted molar refractivity (Wildman–Crippen MR) is 87.0 cm³/mol. The number of hydrogen-bond acceptors (Lipinski definition) is 4. The molecule has 10 heteroatoms. The number of hydrogen-bond donors (Lipinski definition) is 2. The molecule has 2 N–H and O–H groups in total. The highest BCUT2D eigenvalue weighted by molar-refractivity contribution is 9.10. The van der Waals surface area contributed by atoms with E-state index in [4.69, 9.17) is 0 Å². The number of alkyl halides is 3. The molecule has 4 nitrogen and oxygen atoms in total. The molecule has 1 unspecified atom stereocenters. The molecule has 1 rings (SSSR count). The molecule has 24 heavy (non-hydrogen) atoms. The van der Waals surface area contributed by atoms with Crippen LogP contribution in [0.2, 0.25) is 0 Å². The summed E-state index contributed by atoms with van der Waals surface area (Å²) in [5, 5.41) is 9.44. The zero-order chi connectivity index (χ0) is 18.9. The van der Waals surface area contributed by atoms with Gasteiger partial charge in [0.15, 0.2) is 6.10 Å². The number of pyridine rings is 1. The number of aliphatic hydroxyl groups is 1. The Labute approximate surface area is 149 Å². The first-order valence-corrected chi connectivity index (χ1v) is 8.87. The quantitative estimate of drug-likeness (QED) is 0.422. The fourth-order valence-electron chi connectivity index (χ4n) is 1.88. The Morgan fingerprint density at radius 2 is 1.88 bits per heavy atom. The summed E-state index contributed by atoms with van der Waals surface area (Å²) in [7, 11) is 0. The average molecular weight is 435 g/mol. The number of halogens is 5. The number of rotatable bonds is 5. The van der Waals surface area contributed by atoms with Crippen molar-refractivity contribution < 1.29 is 27.2 Å². The van der Waals surface area contributed by atoms with Crippen molar-refractivity contribution in [1.29, 1.82) is 0 Å². The Hall–Kier alpha value is -0.420. The molecular weight excluding hydrogens is 416 g/mol. The van der Waals surface area contributed by atoms with Gasteiger partial charge in [0.05, 0.1) is 5.54 Å². The molecule has 0 aromatic carbocycles. The molecular formula is C14H19BrF4N2O2S. The van der Waals surface area contributed by atoms with Gasteiger partial charge in [-0.1, -0.05) is 0 Å². The molecule has 0 amide bonds. The van der Waals surface area contributed by atoms with Crippen LogP contribution in [-0.4, -0.2) is 31.7 Å². The fourth-order valence-corrected chi connectivity index (χ4v) is 3.12. The van der Waals surface area contributed by atoms with Gasteiger partial charge in [0.1, 0.15) is 4.75 Å². The van der Waals surface area contributed by atoms with Crippen LogP contribution in [0.5, 0.6) is 0 Å². The van der Waals surface area contributed by atoms with Crippen LogP contribution in [-0.2, 0) is 16.9 Å². The van der Waals surface area contributed by atoms with Gasteiger partial charge in [0.25, 0.3) is 0 Å². The number of nitrogens with one attached hydrogen (secondary N) is 1. The van der Waals surface area contributed by atoms with Crippen molar-refractivity contribution >= 4 is 27.3 Å². The van der Waals surface area contributed by atoms with Crippen LogP contribution in [0.15, 0.2) is 16.7 Å². The van der Waals surface area contributed by atoms with E-state index in [0.717, 1.165) is 6.20 Å². The van der Waals surface area contributed by atoms with Gasteiger partial charge in [-0.15, -0.1) is 4.72 Å². The first-order valence-electron chi connectivity index (χ1n) is 6.93. The summed E-state index contributed by atoms with van der Waals surface area (Å²) in [4.78, 5) is 3.47. The topological polar surface area (TPSA) is 68.2 Å². The average Bonchev–Trinajstić information content (AvgIpc) is 2.39. The summed E-state index contributed by atoms with van der Waals surface area (Å²) in [5.41, 5.74) is -1.98. The number of aromatic nitrogens is 1. The molecule has 0 bridgehead atoms. The van der Waals surface area contributed by atoms with Crippen molar-refractivity contribution in [2.24, 2.45) is 0 Å². The van der Waals surface area contributed by atoms with E-state index in [1.54, 1.807) is 20.8 Å². The Kier molecular flexibility index (Phi) is 6.71. The van der Waals surface area contributed by atoms with Crippen LogP contribution >= 0.6 is 15.9 Å². The lowest BCUT2D eigenvalue weighted by molar-refractivity contribution is -0.209. The van der Waals surface area contributed by atoms with Crippen molar-refractivity contribution in [3.63, 3.8) is 0 Å². The summed E-state index contributed by atoms with van der Waals surface area (Å²) in [6, 6.07) is 1.25. The number of aliphatic hydroxyl groups excluding tert-OH is 1. The molecule has 0 aliphatic carbocycles. The molecule has 138 valence electrons. The zero-order valence-electron chi connectivity index (χ0n) is 13.5. The maximum absolute atomic E-state index is 14.1. The lowest BCUT2D eigenvalue weighted by atomic mass is 9.88. The van der Waals surface area contributed by atoms with Crippen LogP contribution in [0.3, 0.4) is 0 Å². The Bertz CT molecular complexity index is 559. The first-order chi connectivity index (χ1) is 10.7. The molecule has 0 saturated heterocycles. The molecule has 0 aliphatic heterocycles. The van der Waals surface area contributed by atoms with Crippen LogP contribution in [0.4, 0.5) is 17.6 Å². The molecule has 0 aliphatic rings. The predicted octanol–water partition coefficient (Wildman–Crippen LogP) is 3.56. The van der Waals surface area contributed by atoms with Crippen LogP contribution in [0.25, 0.3) is 0 Å². The minimum Gasteiger partial charge on any atom is -0.598 e. The summed E-state index contributed by atoms with van der Waals surface area (Å²) >= 11 is 1.28. The highest BCUT2D eigenvalue weighted by atomic mass is 79.9. The lowest BCUT2D eigenvalue weighted by Crippen LogP contribution is -2.53. The molecule has 0 spiro atoms. The summed E-state index contributed by atoms with van der Waals surface area (Å²) < 4.78 is 66.9. The normalized spacial score (nSPS) is 18.1. The van der Waals surface area contributed by atoms with E-state index in [1.807, 2.05) is 0 Å². The van der Waals surface area contributed by atoms with E-state index >= 15 is 0 Å². The van der Waals surface area contributed by atoms with Crippen molar-refractivity contribution in [3.8, 4) is 0 Å². The summed E-state index contributed by atoms with van der Waals surface area (Å²) in [6.07, 6.45) is -7.37. The van der Waals surface area contributed by atoms with Gasteiger partial charge in [-0.2, -0.15) is 17.6 Å². The summed E-state index contributed by atoms with van der Waals surface area (Å²) in [6.45, 7) is 6.10. The standard InChI is InChI=1S/C14H19BrF4N2O2S/c1-12(2,3)24(23)21-13(4,6-10(22)14(17,18)19)9-5-8(15)7-20-11(9)16/h5,7,10,21-22H,6H2,1-4H3/t10-,13?,24+/m0/s1. The van der Waals surface area contributed by atoms with Crippen LogP contribution < -0.4 is 4.72 Å². The third kappa shape index (κ3) is 5.55.